The van der Waals surface area contributed by atoms with E-state index in [9.17, 15) is 4.79 Å². The molecule has 1 aromatic heterocycles. The molecule has 110 valence electrons. The van der Waals surface area contributed by atoms with E-state index in [0.717, 1.165) is 22.2 Å². The lowest BCUT2D eigenvalue weighted by Crippen LogP contribution is -2.14. The molecule has 0 radical (unpaired) electrons. The van der Waals surface area contributed by atoms with Gasteiger partial charge < -0.3 is 5.32 Å². The fourth-order valence-corrected chi connectivity index (χ4v) is 2.64. The topological polar surface area (TPSA) is 54.9 Å². The molecule has 0 saturated heterocycles. The zero-order valence-corrected chi connectivity index (χ0v) is 13.1. The van der Waals surface area contributed by atoms with Gasteiger partial charge in [-0.15, -0.1) is 0 Å². The van der Waals surface area contributed by atoms with Crippen LogP contribution >= 0.6 is 11.8 Å². The van der Waals surface area contributed by atoms with Crippen molar-refractivity contribution in [3.05, 3.63) is 59.9 Å². The van der Waals surface area contributed by atoms with Crippen molar-refractivity contribution in [1.82, 2.24) is 9.97 Å². The third-order valence-electron chi connectivity index (χ3n) is 3.26. The Labute approximate surface area is 133 Å². The molecule has 0 aliphatic rings. The predicted molar refractivity (Wildman–Crippen MR) is 90.5 cm³/mol. The Balaban J connectivity index is 1.87. The van der Waals surface area contributed by atoms with Crippen LogP contribution in [0.5, 0.6) is 0 Å². The second-order valence-electron chi connectivity index (χ2n) is 4.90. The third kappa shape index (κ3) is 3.09. The van der Waals surface area contributed by atoms with E-state index in [1.54, 1.807) is 6.07 Å². The lowest BCUT2D eigenvalue weighted by Gasteiger charge is -2.07. The van der Waals surface area contributed by atoms with Crippen LogP contribution in [0.15, 0.2) is 53.7 Å². The van der Waals surface area contributed by atoms with Crippen molar-refractivity contribution in [3.8, 4) is 0 Å². The summed E-state index contributed by atoms with van der Waals surface area (Å²) in [7, 11) is 0. The number of carbonyl (C=O) groups is 1. The van der Waals surface area contributed by atoms with Crippen molar-refractivity contribution < 1.29 is 4.79 Å². The number of hydrogen-bond donors (Lipinski definition) is 1. The summed E-state index contributed by atoms with van der Waals surface area (Å²) in [5.41, 5.74) is 1.92. The molecular formula is C17H15N3OS. The number of nitrogens with one attached hydrogen (secondary N) is 1. The average Bonchev–Trinajstić information content (AvgIpc) is 2.54. The molecule has 22 heavy (non-hydrogen) atoms. The molecule has 2 aromatic carbocycles. The number of rotatable bonds is 3. The first-order chi connectivity index (χ1) is 10.7. The Morgan fingerprint density at radius 2 is 1.82 bits per heavy atom. The van der Waals surface area contributed by atoms with Gasteiger partial charge in [-0.3, -0.25) is 4.79 Å². The number of amides is 1. The highest BCUT2D eigenvalue weighted by atomic mass is 32.2. The van der Waals surface area contributed by atoms with Crippen LogP contribution in [-0.4, -0.2) is 22.1 Å². The van der Waals surface area contributed by atoms with E-state index in [-0.39, 0.29) is 5.91 Å². The first-order valence-electron chi connectivity index (χ1n) is 6.85. The molecule has 0 aliphatic heterocycles. The number of fused-ring (bicyclic) bond motifs is 1. The second kappa shape index (κ2) is 6.15. The summed E-state index contributed by atoms with van der Waals surface area (Å²) in [5, 5.41) is 5.72. The minimum Gasteiger partial charge on any atom is -0.321 e. The molecule has 0 bridgehead atoms. The Morgan fingerprint density at radius 1 is 1.05 bits per heavy atom. The van der Waals surface area contributed by atoms with Gasteiger partial charge in [0.05, 0.1) is 0 Å². The fourth-order valence-electron chi connectivity index (χ4n) is 2.21. The van der Waals surface area contributed by atoms with Gasteiger partial charge in [-0.1, -0.05) is 42.1 Å². The van der Waals surface area contributed by atoms with Gasteiger partial charge >= 0.3 is 0 Å². The molecule has 4 nitrogen and oxygen atoms in total. The lowest BCUT2D eigenvalue weighted by molar-refractivity contribution is 0.102. The van der Waals surface area contributed by atoms with E-state index in [0.29, 0.717) is 10.9 Å². The van der Waals surface area contributed by atoms with Crippen LogP contribution in [0.25, 0.3) is 10.8 Å². The van der Waals surface area contributed by atoms with Crippen molar-refractivity contribution in [2.45, 2.75) is 12.1 Å². The SMILES string of the molecule is CSc1nc(C)cc(C(=O)Nc2ccc3ccccc3c2)n1. The predicted octanol–water partition coefficient (Wildman–Crippen LogP) is 3.91. The molecule has 5 heteroatoms. The van der Waals surface area contributed by atoms with Gasteiger partial charge in [0.2, 0.25) is 0 Å². The van der Waals surface area contributed by atoms with Crippen molar-refractivity contribution in [3.63, 3.8) is 0 Å². The zero-order valence-electron chi connectivity index (χ0n) is 12.3. The third-order valence-corrected chi connectivity index (χ3v) is 3.80. The van der Waals surface area contributed by atoms with Crippen LogP contribution in [0.4, 0.5) is 5.69 Å². The van der Waals surface area contributed by atoms with Crippen molar-refractivity contribution >= 4 is 34.1 Å². The minimum absolute atomic E-state index is 0.226. The molecule has 0 atom stereocenters. The van der Waals surface area contributed by atoms with Gasteiger partial charge in [-0.05, 0) is 42.2 Å². The van der Waals surface area contributed by atoms with Crippen LogP contribution in [0.2, 0.25) is 0 Å². The van der Waals surface area contributed by atoms with Crippen LogP contribution in [0.1, 0.15) is 16.2 Å². The summed E-state index contributed by atoms with van der Waals surface area (Å²) < 4.78 is 0. The summed E-state index contributed by atoms with van der Waals surface area (Å²) in [6, 6.07) is 15.6. The van der Waals surface area contributed by atoms with Gasteiger partial charge in [0.25, 0.3) is 5.91 Å². The van der Waals surface area contributed by atoms with Gasteiger partial charge in [0.15, 0.2) is 5.16 Å². The maximum Gasteiger partial charge on any atom is 0.274 e. The summed E-state index contributed by atoms with van der Waals surface area (Å²) in [5.74, 6) is -0.226. The van der Waals surface area contributed by atoms with Crippen molar-refractivity contribution in [2.75, 3.05) is 11.6 Å². The summed E-state index contributed by atoms with van der Waals surface area (Å²) >= 11 is 1.42. The molecule has 0 fully saturated rings. The highest BCUT2D eigenvalue weighted by Gasteiger charge is 2.11. The quantitative estimate of drug-likeness (QED) is 0.588. The number of hydrogen-bond acceptors (Lipinski definition) is 4. The number of aryl methyl sites for hydroxylation is 1. The van der Waals surface area contributed by atoms with Crippen LogP contribution < -0.4 is 5.32 Å². The number of benzene rings is 2. The van der Waals surface area contributed by atoms with Gasteiger partial charge in [0, 0.05) is 11.4 Å². The Bertz CT molecular complexity index is 848. The summed E-state index contributed by atoms with van der Waals surface area (Å²) in [6.07, 6.45) is 1.89. The standard InChI is InChI=1S/C17H15N3OS/c1-11-9-15(20-17(18-11)22-2)16(21)19-14-8-7-12-5-3-4-6-13(12)10-14/h3-10H,1-2H3,(H,19,21). The molecular weight excluding hydrogens is 294 g/mol. The molecule has 0 unspecified atom stereocenters. The highest BCUT2D eigenvalue weighted by Crippen LogP contribution is 2.19. The summed E-state index contributed by atoms with van der Waals surface area (Å²) in [6.45, 7) is 1.86. The largest absolute Gasteiger partial charge is 0.321 e. The molecule has 3 rings (SSSR count). The van der Waals surface area contributed by atoms with E-state index in [2.05, 4.69) is 15.3 Å². The molecule has 1 amide bonds. The van der Waals surface area contributed by atoms with Crippen molar-refractivity contribution in [2.24, 2.45) is 0 Å². The molecule has 0 aliphatic carbocycles. The van der Waals surface area contributed by atoms with Crippen molar-refractivity contribution in [1.29, 1.82) is 0 Å². The van der Waals surface area contributed by atoms with Gasteiger partial charge in [-0.2, -0.15) is 0 Å². The number of thioether (sulfide) groups is 1. The first kappa shape index (κ1) is 14.5. The monoisotopic (exact) mass is 309 g/mol. The lowest BCUT2D eigenvalue weighted by atomic mass is 10.1. The fraction of sp³-hybridized carbons (Fsp3) is 0.118. The van der Waals surface area contributed by atoms with E-state index in [4.69, 9.17) is 0 Å². The average molecular weight is 309 g/mol. The Kier molecular flexibility index (Phi) is 4.06. The van der Waals surface area contributed by atoms with E-state index in [1.165, 1.54) is 11.8 Å². The van der Waals surface area contributed by atoms with Crippen LogP contribution in [0.3, 0.4) is 0 Å². The number of nitrogens with zero attached hydrogens (tertiary/aromatic N) is 2. The molecule has 0 spiro atoms. The maximum atomic E-state index is 12.4. The Hall–Kier alpha value is -2.40. The zero-order chi connectivity index (χ0) is 15.5. The van der Waals surface area contributed by atoms with E-state index < -0.39 is 0 Å². The number of carbonyl (C=O) groups excluding carboxylic acids is 1. The number of aromatic nitrogens is 2. The highest BCUT2D eigenvalue weighted by molar-refractivity contribution is 7.98. The maximum absolute atomic E-state index is 12.4. The first-order valence-corrected chi connectivity index (χ1v) is 8.08. The van der Waals surface area contributed by atoms with E-state index in [1.807, 2.05) is 55.6 Å². The molecule has 1 heterocycles. The van der Waals surface area contributed by atoms with Gasteiger partial charge in [-0.25, -0.2) is 9.97 Å². The smallest absolute Gasteiger partial charge is 0.274 e. The second-order valence-corrected chi connectivity index (χ2v) is 5.67. The molecule has 0 saturated carbocycles. The Morgan fingerprint density at radius 3 is 2.59 bits per heavy atom. The minimum atomic E-state index is -0.226. The van der Waals surface area contributed by atoms with Crippen LogP contribution in [-0.2, 0) is 0 Å². The van der Waals surface area contributed by atoms with Gasteiger partial charge in [0.1, 0.15) is 5.69 Å². The molecule has 1 N–H and O–H groups in total. The summed E-state index contributed by atoms with van der Waals surface area (Å²) in [4.78, 5) is 20.9. The van der Waals surface area contributed by atoms with E-state index >= 15 is 0 Å². The normalized spacial score (nSPS) is 10.6. The number of anilines is 1. The molecule has 3 aromatic rings. The van der Waals surface area contributed by atoms with Crippen LogP contribution in [0, 0.1) is 6.92 Å².